The van der Waals surface area contributed by atoms with Crippen molar-refractivity contribution in [2.45, 2.75) is 19.3 Å². The van der Waals surface area contributed by atoms with E-state index in [1.165, 1.54) is 33.4 Å². The Hall–Kier alpha value is -8.21. The molecule has 4 nitrogen and oxygen atoms in total. The standard InChI is InChI=1S/C60H41N3O/c1-60(2)52-24-10-9-22-48(52)50-36-45(30-32-53(50)60)43-19-11-20-44(34-43)46-31-33-54-51(37-46)56-49(23-13-25-55(56)64-54)59-62-57(41-28-26-40(27-29-41)38-14-5-3-6-15-38)61-58(63-59)47-21-12-18-42(35-47)39-16-7-4-8-17-39/h3-37H,1-2H3. The van der Waals surface area contributed by atoms with E-state index >= 15 is 0 Å². The highest BCUT2D eigenvalue weighted by molar-refractivity contribution is 6.13. The first kappa shape index (κ1) is 37.5. The number of fused-ring (bicyclic) bond motifs is 6. The summed E-state index contributed by atoms with van der Waals surface area (Å²) in [6.45, 7) is 4.65. The molecule has 0 N–H and O–H groups in total. The Morgan fingerprint density at radius 3 is 1.53 bits per heavy atom. The van der Waals surface area contributed by atoms with Gasteiger partial charge in [0.05, 0.1) is 0 Å². The number of rotatable bonds is 7. The third-order valence-electron chi connectivity index (χ3n) is 13.0. The van der Waals surface area contributed by atoms with Gasteiger partial charge in [-0.3, -0.25) is 0 Å². The molecule has 64 heavy (non-hydrogen) atoms. The lowest BCUT2D eigenvalue weighted by atomic mass is 9.82. The second kappa shape index (κ2) is 15.0. The molecule has 0 aliphatic heterocycles. The molecule has 9 aromatic carbocycles. The molecular weight excluding hydrogens is 779 g/mol. The van der Waals surface area contributed by atoms with Crippen LogP contribution in [0.1, 0.15) is 25.0 Å². The Kier molecular flexibility index (Phi) is 8.80. The van der Waals surface area contributed by atoms with E-state index in [0.29, 0.717) is 17.5 Å². The van der Waals surface area contributed by atoms with Crippen LogP contribution in [-0.2, 0) is 5.41 Å². The van der Waals surface area contributed by atoms with Crippen molar-refractivity contribution in [1.29, 1.82) is 0 Å². The predicted octanol–water partition coefficient (Wildman–Crippen LogP) is 15.7. The van der Waals surface area contributed by atoms with Crippen LogP contribution in [0.5, 0.6) is 0 Å². The minimum Gasteiger partial charge on any atom is -0.456 e. The zero-order chi connectivity index (χ0) is 42.8. The van der Waals surface area contributed by atoms with Gasteiger partial charge in [-0.1, -0.05) is 190 Å². The van der Waals surface area contributed by atoms with Gasteiger partial charge in [-0.05, 0) is 103 Å². The zero-order valence-corrected chi connectivity index (χ0v) is 35.5. The summed E-state index contributed by atoms with van der Waals surface area (Å²) >= 11 is 0. The van der Waals surface area contributed by atoms with Crippen molar-refractivity contribution in [3.05, 3.63) is 223 Å². The number of furan rings is 1. The molecule has 11 aromatic rings. The minimum absolute atomic E-state index is 0.0278. The fourth-order valence-electron chi connectivity index (χ4n) is 9.64. The van der Waals surface area contributed by atoms with Crippen molar-refractivity contribution in [2.75, 3.05) is 0 Å². The van der Waals surface area contributed by atoms with Gasteiger partial charge in [-0.2, -0.15) is 0 Å². The second-order valence-electron chi connectivity index (χ2n) is 17.2. The molecule has 4 heteroatoms. The van der Waals surface area contributed by atoms with Gasteiger partial charge in [-0.25, -0.2) is 15.0 Å². The first-order chi connectivity index (χ1) is 31.4. The highest BCUT2D eigenvalue weighted by Gasteiger charge is 2.35. The van der Waals surface area contributed by atoms with Gasteiger partial charge < -0.3 is 4.42 Å². The molecule has 1 aliphatic rings. The molecule has 0 fully saturated rings. The Balaban J connectivity index is 0.976. The normalized spacial score (nSPS) is 12.7. The molecular formula is C60H41N3O. The minimum atomic E-state index is -0.0278. The maximum absolute atomic E-state index is 6.57. The van der Waals surface area contributed by atoms with Crippen LogP contribution in [-0.4, -0.2) is 15.0 Å². The van der Waals surface area contributed by atoms with E-state index in [2.05, 4.69) is 202 Å². The smallest absolute Gasteiger partial charge is 0.164 e. The summed E-state index contributed by atoms with van der Waals surface area (Å²) in [7, 11) is 0. The molecule has 1 aliphatic carbocycles. The van der Waals surface area contributed by atoms with Crippen LogP contribution in [0.25, 0.3) is 112 Å². The maximum Gasteiger partial charge on any atom is 0.164 e. The molecule has 2 aromatic heterocycles. The SMILES string of the molecule is CC1(C)c2ccccc2-c2cc(-c3cccc(-c4ccc5oc6cccc(-c7nc(-c8ccc(-c9ccccc9)cc8)nc(-c8cccc(-c9ccccc9)c8)n7)c6c5c4)c3)ccc21. The monoisotopic (exact) mass is 819 g/mol. The maximum atomic E-state index is 6.57. The van der Waals surface area contributed by atoms with Crippen molar-refractivity contribution in [3.8, 4) is 89.8 Å². The number of aromatic nitrogens is 3. The Morgan fingerprint density at radius 2 is 0.781 bits per heavy atom. The second-order valence-corrected chi connectivity index (χ2v) is 17.2. The van der Waals surface area contributed by atoms with E-state index in [-0.39, 0.29) is 5.41 Å². The van der Waals surface area contributed by atoms with Gasteiger partial charge in [0.25, 0.3) is 0 Å². The molecule has 2 heterocycles. The fraction of sp³-hybridized carbons (Fsp3) is 0.0500. The van der Waals surface area contributed by atoms with E-state index in [4.69, 9.17) is 19.4 Å². The number of benzene rings is 9. The highest BCUT2D eigenvalue weighted by Crippen LogP contribution is 2.49. The molecule has 0 radical (unpaired) electrons. The Bertz CT molecular complexity index is 3570. The van der Waals surface area contributed by atoms with Crippen molar-refractivity contribution in [1.82, 2.24) is 15.0 Å². The highest BCUT2D eigenvalue weighted by atomic mass is 16.3. The average molecular weight is 820 g/mol. The summed E-state index contributed by atoms with van der Waals surface area (Å²) in [5.41, 5.74) is 18.8. The summed E-state index contributed by atoms with van der Waals surface area (Å²) < 4.78 is 6.57. The van der Waals surface area contributed by atoms with Gasteiger partial charge >= 0.3 is 0 Å². The molecule has 0 atom stereocenters. The largest absolute Gasteiger partial charge is 0.456 e. The number of nitrogens with zero attached hydrogens (tertiary/aromatic N) is 3. The van der Waals surface area contributed by atoms with E-state index in [1.54, 1.807) is 0 Å². The molecule has 0 bridgehead atoms. The molecule has 302 valence electrons. The van der Waals surface area contributed by atoms with Gasteiger partial charge in [0, 0.05) is 32.9 Å². The van der Waals surface area contributed by atoms with Gasteiger partial charge in [0.1, 0.15) is 11.2 Å². The van der Waals surface area contributed by atoms with Gasteiger partial charge in [0.2, 0.25) is 0 Å². The van der Waals surface area contributed by atoms with Crippen LogP contribution in [0, 0.1) is 0 Å². The van der Waals surface area contributed by atoms with Crippen LogP contribution in [0.3, 0.4) is 0 Å². The topological polar surface area (TPSA) is 51.8 Å². The van der Waals surface area contributed by atoms with Gasteiger partial charge in [0.15, 0.2) is 17.5 Å². The quantitative estimate of drug-likeness (QED) is 0.161. The number of hydrogen-bond donors (Lipinski definition) is 0. The van der Waals surface area contributed by atoms with Crippen LogP contribution < -0.4 is 0 Å². The summed E-state index contributed by atoms with van der Waals surface area (Å²) in [5, 5.41) is 1.97. The average Bonchev–Trinajstić information content (AvgIpc) is 3.85. The van der Waals surface area contributed by atoms with Gasteiger partial charge in [-0.15, -0.1) is 0 Å². The molecule has 0 saturated carbocycles. The zero-order valence-electron chi connectivity index (χ0n) is 35.5. The van der Waals surface area contributed by atoms with Crippen LogP contribution in [0.15, 0.2) is 217 Å². The summed E-state index contributed by atoms with van der Waals surface area (Å²) in [5.74, 6) is 1.79. The molecule has 0 saturated heterocycles. The van der Waals surface area contributed by atoms with E-state index in [0.717, 1.165) is 72.0 Å². The summed E-state index contributed by atoms with van der Waals surface area (Å²) in [4.78, 5) is 15.6. The lowest BCUT2D eigenvalue weighted by Crippen LogP contribution is -2.14. The van der Waals surface area contributed by atoms with Crippen molar-refractivity contribution in [3.63, 3.8) is 0 Å². The van der Waals surface area contributed by atoms with Crippen molar-refractivity contribution >= 4 is 21.9 Å². The molecule has 0 unspecified atom stereocenters. The Morgan fingerprint density at radius 1 is 0.312 bits per heavy atom. The van der Waals surface area contributed by atoms with Crippen LogP contribution in [0.2, 0.25) is 0 Å². The van der Waals surface area contributed by atoms with Crippen molar-refractivity contribution < 1.29 is 4.42 Å². The molecule has 12 rings (SSSR count). The first-order valence-corrected chi connectivity index (χ1v) is 21.8. The number of hydrogen-bond acceptors (Lipinski definition) is 4. The predicted molar refractivity (Wildman–Crippen MR) is 263 cm³/mol. The van der Waals surface area contributed by atoms with E-state index in [1.807, 2.05) is 24.3 Å². The van der Waals surface area contributed by atoms with E-state index < -0.39 is 0 Å². The lowest BCUT2D eigenvalue weighted by Gasteiger charge is -2.21. The third kappa shape index (κ3) is 6.42. The Labute approximate surface area is 372 Å². The molecule has 0 amide bonds. The molecule has 0 spiro atoms. The first-order valence-electron chi connectivity index (χ1n) is 21.8. The third-order valence-corrected chi connectivity index (χ3v) is 13.0. The lowest BCUT2D eigenvalue weighted by molar-refractivity contribution is 0.660. The fourth-order valence-corrected chi connectivity index (χ4v) is 9.64. The van der Waals surface area contributed by atoms with E-state index in [9.17, 15) is 0 Å². The van der Waals surface area contributed by atoms with Crippen molar-refractivity contribution in [2.24, 2.45) is 0 Å². The van der Waals surface area contributed by atoms with Crippen LogP contribution in [0.4, 0.5) is 0 Å². The van der Waals surface area contributed by atoms with Crippen LogP contribution >= 0.6 is 0 Å². The summed E-state index contributed by atoms with van der Waals surface area (Å²) in [6, 6.07) is 75.0. The summed E-state index contributed by atoms with van der Waals surface area (Å²) in [6.07, 6.45) is 0.